The Labute approximate surface area is 90.5 Å². The summed E-state index contributed by atoms with van der Waals surface area (Å²) in [5, 5.41) is 0. The predicted octanol–water partition coefficient (Wildman–Crippen LogP) is 3.13. The normalized spacial score (nSPS) is 13.8. The molecule has 0 fully saturated rings. The van der Waals surface area contributed by atoms with Gasteiger partial charge in [-0.25, -0.2) is 17.6 Å². The average Bonchev–Trinajstić information content (AvgIpc) is 2.16. The molecule has 10 heteroatoms. The molecule has 0 amide bonds. The Hall–Kier alpha value is -0.640. The van der Waals surface area contributed by atoms with Crippen LogP contribution in [0.2, 0.25) is 0 Å². The lowest BCUT2D eigenvalue weighted by atomic mass is 10.5. The molecule has 0 aromatic heterocycles. The number of hydrogen-bond acceptors (Lipinski definition) is 2. The van der Waals surface area contributed by atoms with E-state index in [-0.39, 0.29) is 0 Å². The molecule has 0 atom stereocenters. The maximum absolute atomic E-state index is 12.1. The smallest absolute Gasteiger partial charge is 0.316 e. The minimum atomic E-state index is -4.70. The van der Waals surface area contributed by atoms with E-state index < -0.39 is 44.7 Å². The third-order valence-corrected chi connectivity index (χ3v) is 1.39. The minimum absolute atomic E-state index is 0.662. The number of halogens is 8. The molecule has 0 aromatic rings. The van der Waals surface area contributed by atoms with E-state index in [1.165, 1.54) is 0 Å². The molecule has 104 valence electrons. The Morgan fingerprint density at radius 1 is 0.706 bits per heavy atom. The van der Waals surface area contributed by atoms with E-state index in [9.17, 15) is 35.1 Å². The molecule has 0 heterocycles. The summed E-state index contributed by atoms with van der Waals surface area (Å²) in [5.74, 6) is 0. The quantitative estimate of drug-likeness (QED) is 0.501. The van der Waals surface area contributed by atoms with Crippen molar-refractivity contribution in [2.75, 3.05) is 13.2 Å². The maximum atomic E-state index is 12.1. The van der Waals surface area contributed by atoms with Gasteiger partial charge in [-0.3, -0.25) is 0 Å². The fourth-order valence-electron chi connectivity index (χ4n) is 0.601. The third-order valence-electron chi connectivity index (χ3n) is 1.39. The molecule has 0 unspecified atom stereocenters. The number of hydrogen-bond donors (Lipinski definition) is 0. The van der Waals surface area contributed by atoms with Gasteiger partial charge in [0.25, 0.3) is 0 Å². The summed E-state index contributed by atoms with van der Waals surface area (Å²) in [7, 11) is 0. The second kappa shape index (κ2) is 6.34. The monoisotopic (exact) mass is 276 g/mol. The molecular formula is C7H8F8O2. The maximum Gasteiger partial charge on any atom is 0.416 e. The first-order valence-electron chi connectivity index (χ1n) is 4.19. The van der Waals surface area contributed by atoms with Gasteiger partial charge in [0.15, 0.2) is 0 Å². The van der Waals surface area contributed by atoms with E-state index in [2.05, 4.69) is 9.47 Å². The van der Waals surface area contributed by atoms with Gasteiger partial charge in [-0.1, -0.05) is 0 Å². The van der Waals surface area contributed by atoms with E-state index in [1.807, 2.05) is 0 Å². The van der Waals surface area contributed by atoms with Crippen LogP contribution in [0.3, 0.4) is 0 Å². The first-order valence-corrected chi connectivity index (χ1v) is 4.19. The topological polar surface area (TPSA) is 18.5 Å². The van der Waals surface area contributed by atoms with Crippen molar-refractivity contribution in [1.82, 2.24) is 0 Å². The van der Waals surface area contributed by atoms with Crippen molar-refractivity contribution in [2.24, 2.45) is 0 Å². The van der Waals surface area contributed by atoms with Crippen LogP contribution in [-0.4, -0.2) is 38.3 Å². The third kappa shape index (κ3) is 6.01. The zero-order valence-corrected chi connectivity index (χ0v) is 8.12. The lowest BCUT2D eigenvalue weighted by Gasteiger charge is -2.17. The highest BCUT2D eigenvalue weighted by atomic mass is 19.3. The van der Waals surface area contributed by atoms with Gasteiger partial charge in [-0.05, 0) is 6.42 Å². The summed E-state index contributed by atoms with van der Waals surface area (Å²) in [6.45, 7) is -2.06. The molecule has 0 aliphatic rings. The van der Waals surface area contributed by atoms with Gasteiger partial charge in [-0.15, -0.1) is 0 Å². The second-order valence-corrected chi connectivity index (χ2v) is 2.78. The summed E-state index contributed by atoms with van der Waals surface area (Å²) in [6.07, 6.45) is -18.2. The highest BCUT2D eigenvalue weighted by Crippen LogP contribution is 2.25. The Kier molecular flexibility index (Phi) is 6.10. The van der Waals surface area contributed by atoms with Crippen LogP contribution < -0.4 is 0 Å². The highest BCUT2D eigenvalue weighted by molar-refractivity contribution is 4.57. The zero-order chi connectivity index (χ0) is 13.7. The molecule has 0 bridgehead atoms. The fourth-order valence-corrected chi connectivity index (χ4v) is 0.601. The molecule has 0 aliphatic carbocycles. The van der Waals surface area contributed by atoms with E-state index in [4.69, 9.17) is 0 Å². The fraction of sp³-hybridized carbons (Fsp3) is 1.00. The number of rotatable bonds is 8. The summed E-state index contributed by atoms with van der Waals surface area (Å²) in [6, 6.07) is 0. The van der Waals surface area contributed by atoms with Crippen molar-refractivity contribution in [3.8, 4) is 0 Å². The Morgan fingerprint density at radius 3 is 1.24 bits per heavy atom. The average molecular weight is 276 g/mol. The molecule has 0 spiro atoms. The van der Waals surface area contributed by atoms with Gasteiger partial charge in [-0.2, -0.15) is 17.6 Å². The van der Waals surface area contributed by atoms with Crippen molar-refractivity contribution >= 4 is 0 Å². The van der Waals surface area contributed by atoms with Crippen LogP contribution in [-0.2, 0) is 9.47 Å². The van der Waals surface area contributed by atoms with Crippen LogP contribution >= 0.6 is 0 Å². The van der Waals surface area contributed by atoms with Gasteiger partial charge in [0, 0.05) is 0 Å². The van der Waals surface area contributed by atoms with E-state index >= 15 is 0 Å². The van der Waals surface area contributed by atoms with Crippen LogP contribution in [0, 0.1) is 0 Å². The van der Waals surface area contributed by atoms with E-state index in [0.717, 1.165) is 0 Å². The molecule has 0 N–H and O–H groups in total. The highest BCUT2D eigenvalue weighted by Gasteiger charge is 2.43. The van der Waals surface area contributed by atoms with Crippen LogP contribution in [0.4, 0.5) is 35.1 Å². The lowest BCUT2D eigenvalue weighted by Crippen LogP contribution is -2.32. The van der Waals surface area contributed by atoms with Gasteiger partial charge < -0.3 is 9.47 Å². The van der Waals surface area contributed by atoms with Gasteiger partial charge >= 0.3 is 25.1 Å². The second-order valence-electron chi connectivity index (χ2n) is 2.78. The summed E-state index contributed by atoms with van der Waals surface area (Å²) in [5.41, 5.74) is 0. The Balaban J connectivity index is 3.74. The summed E-state index contributed by atoms with van der Waals surface area (Å²) in [4.78, 5) is 0. The van der Waals surface area contributed by atoms with Crippen LogP contribution in [0.5, 0.6) is 0 Å². The largest absolute Gasteiger partial charge is 0.416 e. The van der Waals surface area contributed by atoms with Gasteiger partial charge in [0.05, 0.1) is 13.2 Å². The van der Waals surface area contributed by atoms with Crippen molar-refractivity contribution in [3.05, 3.63) is 0 Å². The molecule has 2 nitrogen and oxygen atoms in total. The Bertz CT molecular complexity index is 198. The molecule has 0 radical (unpaired) electrons. The molecule has 0 aliphatic heterocycles. The first kappa shape index (κ1) is 16.4. The molecular weight excluding hydrogens is 268 g/mol. The number of ether oxygens (including phenoxy) is 2. The van der Waals surface area contributed by atoms with E-state index in [0.29, 0.717) is 0 Å². The van der Waals surface area contributed by atoms with Crippen molar-refractivity contribution in [2.45, 2.75) is 31.5 Å². The standard InChI is InChI=1S/C7H8F8O2/c8-4(9)6(12,13)16-2-1-3-17-7(14,15)5(10)11/h4-5H,1-3H2. The van der Waals surface area contributed by atoms with E-state index in [1.54, 1.807) is 0 Å². The summed E-state index contributed by atoms with van der Waals surface area (Å²) >= 11 is 0. The van der Waals surface area contributed by atoms with Crippen LogP contribution in [0.15, 0.2) is 0 Å². The van der Waals surface area contributed by atoms with Crippen molar-refractivity contribution < 1.29 is 44.6 Å². The Morgan fingerprint density at radius 2 is 1.00 bits per heavy atom. The molecule has 0 aromatic carbocycles. The van der Waals surface area contributed by atoms with Crippen LogP contribution in [0.25, 0.3) is 0 Å². The van der Waals surface area contributed by atoms with Crippen LogP contribution in [0.1, 0.15) is 6.42 Å². The summed E-state index contributed by atoms with van der Waals surface area (Å²) < 4.78 is 101. The van der Waals surface area contributed by atoms with Gasteiger partial charge in [0.2, 0.25) is 0 Å². The molecule has 17 heavy (non-hydrogen) atoms. The molecule has 0 saturated heterocycles. The minimum Gasteiger partial charge on any atom is -0.316 e. The lowest BCUT2D eigenvalue weighted by molar-refractivity contribution is -0.312. The van der Waals surface area contributed by atoms with Crippen molar-refractivity contribution in [3.63, 3.8) is 0 Å². The zero-order valence-electron chi connectivity index (χ0n) is 8.12. The van der Waals surface area contributed by atoms with Crippen molar-refractivity contribution in [1.29, 1.82) is 0 Å². The predicted molar refractivity (Wildman–Crippen MR) is 38.4 cm³/mol. The molecule has 0 saturated carbocycles. The molecule has 0 rings (SSSR count). The first-order chi connectivity index (χ1) is 7.59. The number of alkyl halides is 8. The van der Waals surface area contributed by atoms with Gasteiger partial charge in [0.1, 0.15) is 0 Å². The SMILES string of the molecule is FC(F)C(F)(F)OCCCOC(F)(F)C(F)F.